The highest BCUT2D eigenvalue weighted by atomic mass is 35.5. The third-order valence-corrected chi connectivity index (χ3v) is 3.82. The van der Waals surface area contributed by atoms with E-state index in [0.29, 0.717) is 40.9 Å². The van der Waals surface area contributed by atoms with E-state index in [0.717, 1.165) is 6.42 Å². The normalized spacial score (nSPS) is 13.2. The summed E-state index contributed by atoms with van der Waals surface area (Å²) in [6.07, 6.45) is 2.25. The monoisotopic (exact) mass is 349 g/mol. The molecule has 24 heavy (non-hydrogen) atoms. The van der Waals surface area contributed by atoms with Crippen LogP contribution in [0.3, 0.4) is 0 Å². The lowest BCUT2D eigenvalue weighted by Gasteiger charge is -2.11. The Hall–Kier alpha value is -2.47. The summed E-state index contributed by atoms with van der Waals surface area (Å²) in [5.74, 6) is 0.384. The second-order valence-electron chi connectivity index (χ2n) is 5.39. The quantitative estimate of drug-likeness (QED) is 0.676. The van der Waals surface area contributed by atoms with Crippen LogP contribution in [-0.4, -0.2) is 30.0 Å². The Labute approximate surface area is 143 Å². The number of Topliss-reactive ketones (excluding diaryl/α,β-unsaturated/α-hetero) is 1. The highest BCUT2D eigenvalue weighted by Crippen LogP contribution is 2.38. The van der Waals surface area contributed by atoms with Gasteiger partial charge in [0.25, 0.3) is 0 Å². The van der Waals surface area contributed by atoms with Crippen LogP contribution in [0.25, 0.3) is 0 Å². The van der Waals surface area contributed by atoms with Crippen molar-refractivity contribution in [1.82, 2.24) is 4.98 Å². The van der Waals surface area contributed by atoms with Crippen LogP contribution < -0.4 is 9.47 Å². The summed E-state index contributed by atoms with van der Waals surface area (Å²) in [5.41, 5.74) is 1.34. The van der Waals surface area contributed by atoms with Crippen molar-refractivity contribution >= 4 is 23.4 Å². The SMILES string of the molecule is CC(=O)c1c[nH]c(C(=O)OCc2cc(Cl)c3c(c2)OCCCO3)c1. The number of carbonyl (C=O) groups excluding carboxylic acids is 2. The molecule has 0 amide bonds. The largest absolute Gasteiger partial charge is 0.489 e. The van der Waals surface area contributed by atoms with Crippen molar-refractivity contribution in [2.45, 2.75) is 20.0 Å². The number of benzene rings is 1. The van der Waals surface area contributed by atoms with Crippen molar-refractivity contribution in [3.63, 3.8) is 0 Å². The van der Waals surface area contributed by atoms with Crippen LogP contribution in [-0.2, 0) is 11.3 Å². The summed E-state index contributed by atoms with van der Waals surface area (Å²) >= 11 is 6.20. The van der Waals surface area contributed by atoms with Crippen molar-refractivity contribution in [3.8, 4) is 11.5 Å². The second kappa shape index (κ2) is 6.97. The molecule has 0 radical (unpaired) electrons. The number of nitrogens with one attached hydrogen (secondary N) is 1. The number of halogens is 1. The number of carbonyl (C=O) groups is 2. The summed E-state index contributed by atoms with van der Waals surface area (Å²) in [4.78, 5) is 26.0. The molecule has 0 aliphatic carbocycles. The van der Waals surface area contributed by atoms with Gasteiger partial charge in [-0.2, -0.15) is 0 Å². The maximum absolute atomic E-state index is 12.0. The van der Waals surface area contributed by atoms with Crippen molar-refractivity contribution in [2.24, 2.45) is 0 Å². The molecule has 0 fully saturated rings. The number of H-pyrrole nitrogens is 1. The summed E-state index contributed by atoms with van der Waals surface area (Å²) in [6.45, 7) is 2.55. The van der Waals surface area contributed by atoms with Gasteiger partial charge in [-0.1, -0.05) is 11.6 Å². The second-order valence-corrected chi connectivity index (χ2v) is 5.80. The molecule has 0 spiro atoms. The Morgan fingerprint density at radius 3 is 2.79 bits per heavy atom. The number of aromatic nitrogens is 1. The first-order valence-corrected chi connectivity index (χ1v) is 7.87. The van der Waals surface area contributed by atoms with Gasteiger partial charge >= 0.3 is 5.97 Å². The van der Waals surface area contributed by atoms with E-state index in [4.69, 9.17) is 25.8 Å². The van der Waals surface area contributed by atoms with Gasteiger partial charge < -0.3 is 19.2 Å². The molecular weight excluding hydrogens is 334 g/mol. The average molecular weight is 350 g/mol. The van der Waals surface area contributed by atoms with Gasteiger partial charge in [-0.15, -0.1) is 0 Å². The molecule has 0 unspecified atom stereocenters. The fourth-order valence-electron chi connectivity index (χ4n) is 2.31. The van der Waals surface area contributed by atoms with E-state index in [1.165, 1.54) is 19.2 Å². The van der Waals surface area contributed by atoms with Gasteiger partial charge in [-0.3, -0.25) is 4.79 Å². The number of rotatable bonds is 4. The third-order valence-electron chi connectivity index (χ3n) is 3.54. The Kier molecular flexibility index (Phi) is 4.76. The predicted octanol–water partition coefficient (Wildman–Crippen LogP) is 3.39. The molecule has 1 aromatic carbocycles. The van der Waals surface area contributed by atoms with Gasteiger partial charge in [0.1, 0.15) is 12.3 Å². The van der Waals surface area contributed by atoms with Crippen molar-refractivity contribution in [3.05, 3.63) is 46.2 Å². The summed E-state index contributed by atoms with van der Waals surface area (Å²) < 4.78 is 16.4. The lowest BCUT2D eigenvalue weighted by molar-refractivity contribution is 0.0466. The number of ketones is 1. The lowest BCUT2D eigenvalue weighted by Crippen LogP contribution is -2.06. The Balaban J connectivity index is 1.70. The van der Waals surface area contributed by atoms with Crippen LogP contribution in [0.1, 0.15) is 39.8 Å². The molecule has 1 aliphatic heterocycles. The maximum Gasteiger partial charge on any atom is 0.355 e. The fourth-order valence-corrected chi connectivity index (χ4v) is 2.60. The van der Waals surface area contributed by atoms with Crippen molar-refractivity contribution in [2.75, 3.05) is 13.2 Å². The zero-order valence-corrected chi connectivity index (χ0v) is 13.8. The van der Waals surface area contributed by atoms with Gasteiger partial charge in [0.05, 0.1) is 18.2 Å². The van der Waals surface area contributed by atoms with Crippen molar-refractivity contribution < 1.29 is 23.8 Å². The van der Waals surface area contributed by atoms with Crippen LogP contribution in [0.2, 0.25) is 5.02 Å². The predicted molar refractivity (Wildman–Crippen MR) is 87.0 cm³/mol. The summed E-state index contributed by atoms with van der Waals surface area (Å²) in [5, 5.41) is 0.416. The maximum atomic E-state index is 12.0. The van der Waals surface area contributed by atoms with Crippen LogP contribution in [0.15, 0.2) is 24.4 Å². The molecule has 6 nitrogen and oxygen atoms in total. The first kappa shape index (κ1) is 16.4. The third kappa shape index (κ3) is 3.54. The van der Waals surface area contributed by atoms with E-state index in [2.05, 4.69) is 4.98 Å². The topological polar surface area (TPSA) is 77.6 Å². The number of hydrogen-bond acceptors (Lipinski definition) is 5. The van der Waals surface area contributed by atoms with Crippen molar-refractivity contribution in [1.29, 1.82) is 0 Å². The van der Waals surface area contributed by atoms with E-state index < -0.39 is 5.97 Å². The van der Waals surface area contributed by atoms with E-state index >= 15 is 0 Å². The van der Waals surface area contributed by atoms with Gasteiger partial charge in [-0.25, -0.2) is 4.79 Å². The molecular formula is C17H16ClNO5. The number of esters is 1. The van der Waals surface area contributed by atoms with Gasteiger partial charge in [0.15, 0.2) is 17.3 Å². The van der Waals surface area contributed by atoms with Gasteiger partial charge in [0, 0.05) is 18.2 Å². The Bertz CT molecular complexity index is 783. The smallest absolute Gasteiger partial charge is 0.355 e. The molecule has 2 heterocycles. The molecule has 0 saturated carbocycles. The first-order chi connectivity index (χ1) is 11.5. The number of ether oxygens (including phenoxy) is 3. The van der Waals surface area contributed by atoms with Gasteiger partial charge in [0.2, 0.25) is 0 Å². The van der Waals surface area contributed by atoms with Crippen LogP contribution in [0.4, 0.5) is 0 Å². The molecule has 1 aromatic heterocycles. The molecule has 126 valence electrons. The zero-order chi connectivity index (χ0) is 17.1. The molecule has 1 N–H and O–H groups in total. The molecule has 1 aliphatic rings. The molecule has 3 rings (SSSR count). The minimum atomic E-state index is -0.550. The van der Waals surface area contributed by atoms with E-state index in [1.807, 2.05) is 0 Å². The number of aromatic amines is 1. The fraction of sp³-hybridized carbons (Fsp3) is 0.294. The molecule has 0 atom stereocenters. The minimum Gasteiger partial charge on any atom is -0.489 e. The summed E-state index contributed by atoms with van der Waals surface area (Å²) in [7, 11) is 0. The highest BCUT2D eigenvalue weighted by Gasteiger charge is 2.17. The highest BCUT2D eigenvalue weighted by molar-refractivity contribution is 6.32. The molecule has 7 heteroatoms. The molecule has 0 saturated heterocycles. The minimum absolute atomic E-state index is 0.0314. The van der Waals surface area contributed by atoms with E-state index in [9.17, 15) is 9.59 Å². The Morgan fingerprint density at radius 2 is 2.04 bits per heavy atom. The number of fused-ring (bicyclic) bond motifs is 1. The summed E-state index contributed by atoms with van der Waals surface area (Å²) in [6, 6.07) is 4.89. The standard InChI is InChI=1S/C17H16ClNO5/c1-10(20)12-7-14(19-8-12)17(21)24-9-11-5-13(18)16-15(6-11)22-3-2-4-23-16/h5-8,19H,2-4,9H2,1H3. The van der Waals surface area contributed by atoms with Crippen LogP contribution in [0, 0.1) is 0 Å². The van der Waals surface area contributed by atoms with Crippen LogP contribution in [0.5, 0.6) is 11.5 Å². The lowest BCUT2D eigenvalue weighted by atomic mass is 10.2. The molecule has 2 aromatic rings. The van der Waals surface area contributed by atoms with Crippen LogP contribution >= 0.6 is 11.6 Å². The average Bonchev–Trinajstić information content (AvgIpc) is 2.93. The Morgan fingerprint density at radius 1 is 1.25 bits per heavy atom. The van der Waals surface area contributed by atoms with Gasteiger partial charge in [-0.05, 0) is 30.7 Å². The molecule has 0 bridgehead atoms. The first-order valence-electron chi connectivity index (χ1n) is 7.49. The van der Waals surface area contributed by atoms with E-state index in [-0.39, 0.29) is 18.1 Å². The zero-order valence-electron chi connectivity index (χ0n) is 13.1. The number of hydrogen-bond donors (Lipinski definition) is 1. The van der Waals surface area contributed by atoms with E-state index in [1.54, 1.807) is 12.1 Å².